The van der Waals surface area contributed by atoms with Crippen molar-refractivity contribution >= 4 is 23.3 Å². The normalized spacial score (nSPS) is 25.5. The molecule has 0 bridgehead atoms. The molecule has 3 rings (SSSR count). The molecule has 1 aliphatic carbocycles. The fourth-order valence-corrected chi connectivity index (χ4v) is 3.96. The highest BCUT2D eigenvalue weighted by atomic mass is 32.1. The summed E-state index contributed by atoms with van der Waals surface area (Å²) in [5, 5.41) is 6.76. The first-order chi connectivity index (χ1) is 12.5. The van der Waals surface area contributed by atoms with Crippen molar-refractivity contribution in [3.63, 3.8) is 0 Å². The maximum Gasteiger partial charge on any atom is 0.338 e. The largest absolute Gasteiger partial charge is 0.494 e. The van der Waals surface area contributed by atoms with Gasteiger partial charge in [0.2, 0.25) is 0 Å². The van der Waals surface area contributed by atoms with E-state index in [0.29, 0.717) is 23.2 Å². The SMILES string of the molecule is CCOc1ccccc1[C@H]1NC(=S)NC(C)=C1C(=O)O[C@H]1CCC[C@@H]1C. The molecule has 0 amide bonds. The third kappa shape index (κ3) is 3.85. The first kappa shape index (κ1) is 18.7. The second kappa shape index (κ2) is 8.08. The van der Waals surface area contributed by atoms with Crippen molar-refractivity contribution in [3.05, 3.63) is 41.1 Å². The number of allylic oxidation sites excluding steroid dienone is 1. The summed E-state index contributed by atoms with van der Waals surface area (Å²) < 4.78 is 11.6. The third-order valence-corrected chi connectivity index (χ3v) is 5.28. The third-order valence-electron chi connectivity index (χ3n) is 5.06. The van der Waals surface area contributed by atoms with Gasteiger partial charge in [0.05, 0.1) is 18.2 Å². The zero-order chi connectivity index (χ0) is 18.7. The lowest BCUT2D eigenvalue weighted by atomic mass is 9.94. The Balaban J connectivity index is 1.93. The molecule has 1 heterocycles. The molecule has 1 aliphatic heterocycles. The standard InChI is InChI=1S/C20H26N2O3S/c1-4-24-16-10-6-5-9-14(16)18-17(13(3)21-20(26)22-18)19(23)25-15-11-7-8-12(15)2/h5-6,9-10,12,15,18H,4,7-8,11H2,1-3H3,(H2,21,22,26)/t12-,15-,18+/m0/s1. The molecule has 0 saturated heterocycles. The number of thiocarbonyl (C=S) groups is 1. The van der Waals surface area contributed by atoms with E-state index < -0.39 is 6.04 Å². The van der Waals surface area contributed by atoms with Gasteiger partial charge in [0.25, 0.3) is 0 Å². The van der Waals surface area contributed by atoms with Gasteiger partial charge < -0.3 is 20.1 Å². The Labute approximate surface area is 160 Å². The van der Waals surface area contributed by atoms with Crippen molar-refractivity contribution in [2.45, 2.75) is 52.2 Å². The summed E-state index contributed by atoms with van der Waals surface area (Å²) in [4.78, 5) is 13.0. The molecule has 5 nitrogen and oxygen atoms in total. The molecule has 1 aromatic carbocycles. The van der Waals surface area contributed by atoms with Gasteiger partial charge in [-0.05, 0) is 57.3 Å². The molecular formula is C20H26N2O3S. The Kier molecular flexibility index (Phi) is 5.81. The summed E-state index contributed by atoms with van der Waals surface area (Å²) in [5.74, 6) is 0.851. The highest BCUT2D eigenvalue weighted by molar-refractivity contribution is 7.80. The minimum atomic E-state index is -0.393. The number of nitrogens with one attached hydrogen (secondary N) is 2. The number of carbonyl (C=O) groups is 1. The zero-order valence-electron chi connectivity index (χ0n) is 15.5. The monoisotopic (exact) mass is 374 g/mol. The lowest BCUT2D eigenvalue weighted by molar-refractivity contribution is -0.146. The maximum atomic E-state index is 13.0. The van der Waals surface area contributed by atoms with Gasteiger partial charge in [0.1, 0.15) is 11.9 Å². The number of rotatable bonds is 5. The molecule has 26 heavy (non-hydrogen) atoms. The van der Waals surface area contributed by atoms with E-state index in [0.717, 1.165) is 36.3 Å². The van der Waals surface area contributed by atoms with Gasteiger partial charge in [-0.15, -0.1) is 0 Å². The molecule has 1 aromatic rings. The van der Waals surface area contributed by atoms with Crippen molar-refractivity contribution in [2.24, 2.45) is 5.92 Å². The summed E-state index contributed by atoms with van der Waals surface area (Å²) in [7, 11) is 0. The van der Waals surface area contributed by atoms with E-state index in [9.17, 15) is 4.79 Å². The molecule has 0 aromatic heterocycles. The molecule has 2 N–H and O–H groups in total. The first-order valence-electron chi connectivity index (χ1n) is 9.22. The molecule has 1 saturated carbocycles. The summed E-state index contributed by atoms with van der Waals surface area (Å²) in [5.41, 5.74) is 2.16. The fraction of sp³-hybridized carbons (Fsp3) is 0.500. The summed E-state index contributed by atoms with van der Waals surface area (Å²) in [6.07, 6.45) is 3.12. The van der Waals surface area contributed by atoms with Crippen LogP contribution in [-0.4, -0.2) is 23.8 Å². The average Bonchev–Trinajstić information content (AvgIpc) is 2.99. The second-order valence-corrected chi connectivity index (χ2v) is 7.30. The highest BCUT2D eigenvalue weighted by Gasteiger charge is 2.35. The van der Waals surface area contributed by atoms with Crippen LogP contribution in [0.3, 0.4) is 0 Å². The van der Waals surface area contributed by atoms with E-state index >= 15 is 0 Å². The molecule has 3 atom stereocenters. The van der Waals surface area contributed by atoms with Gasteiger partial charge in [0, 0.05) is 11.3 Å². The van der Waals surface area contributed by atoms with Crippen LogP contribution < -0.4 is 15.4 Å². The van der Waals surface area contributed by atoms with Crippen LogP contribution in [0.15, 0.2) is 35.5 Å². The van der Waals surface area contributed by atoms with Gasteiger partial charge >= 0.3 is 5.97 Å². The molecule has 0 spiro atoms. The fourth-order valence-electron chi connectivity index (χ4n) is 3.69. The van der Waals surface area contributed by atoms with E-state index in [1.165, 1.54) is 0 Å². The molecule has 0 radical (unpaired) electrons. The number of hydrogen-bond acceptors (Lipinski definition) is 4. The molecule has 140 valence electrons. The lowest BCUT2D eigenvalue weighted by Gasteiger charge is -2.31. The van der Waals surface area contributed by atoms with Crippen LogP contribution in [0.4, 0.5) is 0 Å². The lowest BCUT2D eigenvalue weighted by Crippen LogP contribution is -2.45. The molecule has 2 aliphatic rings. The van der Waals surface area contributed by atoms with Crippen LogP contribution in [-0.2, 0) is 9.53 Å². The highest BCUT2D eigenvalue weighted by Crippen LogP contribution is 2.35. The van der Waals surface area contributed by atoms with E-state index in [4.69, 9.17) is 21.7 Å². The smallest absolute Gasteiger partial charge is 0.338 e. The second-order valence-electron chi connectivity index (χ2n) is 6.89. The maximum absolute atomic E-state index is 13.0. The molecular weight excluding hydrogens is 348 g/mol. The van der Waals surface area contributed by atoms with E-state index in [-0.39, 0.29) is 12.1 Å². The molecule has 0 unspecified atom stereocenters. The number of para-hydroxylation sites is 1. The van der Waals surface area contributed by atoms with Crippen LogP contribution in [0.25, 0.3) is 0 Å². The minimum absolute atomic E-state index is 0.0144. The van der Waals surface area contributed by atoms with Gasteiger partial charge in [-0.25, -0.2) is 4.79 Å². The molecule has 1 fully saturated rings. The summed E-state index contributed by atoms with van der Waals surface area (Å²) in [6, 6.07) is 7.32. The average molecular weight is 375 g/mol. The van der Waals surface area contributed by atoms with Gasteiger partial charge in [-0.1, -0.05) is 25.1 Å². The summed E-state index contributed by atoms with van der Waals surface area (Å²) >= 11 is 5.32. The topological polar surface area (TPSA) is 59.6 Å². The predicted molar refractivity (Wildman–Crippen MR) is 105 cm³/mol. The van der Waals surface area contributed by atoms with Crippen LogP contribution in [0, 0.1) is 5.92 Å². The van der Waals surface area contributed by atoms with Gasteiger partial charge in [-0.3, -0.25) is 0 Å². The van der Waals surface area contributed by atoms with Crippen LogP contribution >= 0.6 is 12.2 Å². The van der Waals surface area contributed by atoms with Crippen molar-refractivity contribution in [1.29, 1.82) is 0 Å². The van der Waals surface area contributed by atoms with E-state index in [1.807, 2.05) is 38.1 Å². The summed E-state index contributed by atoms with van der Waals surface area (Å²) in [6.45, 7) is 6.49. The zero-order valence-corrected chi connectivity index (χ0v) is 16.3. The van der Waals surface area contributed by atoms with E-state index in [2.05, 4.69) is 17.6 Å². The Morgan fingerprint density at radius 1 is 1.31 bits per heavy atom. The Morgan fingerprint density at radius 2 is 2.08 bits per heavy atom. The van der Waals surface area contributed by atoms with Crippen molar-refractivity contribution in [3.8, 4) is 5.75 Å². The number of benzene rings is 1. The first-order valence-corrected chi connectivity index (χ1v) is 9.63. The predicted octanol–water partition coefficient (Wildman–Crippen LogP) is 3.61. The number of ether oxygens (including phenoxy) is 2. The van der Waals surface area contributed by atoms with Crippen molar-refractivity contribution < 1.29 is 14.3 Å². The quantitative estimate of drug-likeness (QED) is 0.606. The van der Waals surface area contributed by atoms with E-state index in [1.54, 1.807) is 0 Å². The Morgan fingerprint density at radius 3 is 2.77 bits per heavy atom. The number of hydrogen-bond donors (Lipinski definition) is 2. The van der Waals surface area contributed by atoms with Gasteiger partial charge in [0.15, 0.2) is 5.11 Å². The number of esters is 1. The minimum Gasteiger partial charge on any atom is -0.494 e. The molecule has 6 heteroatoms. The van der Waals surface area contributed by atoms with Crippen LogP contribution in [0.2, 0.25) is 0 Å². The van der Waals surface area contributed by atoms with Crippen LogP contribution in [0.5, 0.6) is 5.75 Å². The van der Waals surface area contributed by atoms with Gasteiger partial charge in [-0.2, -0.15) is 0 Å². The van der Waals surface area contributed by atoms with Crippen LogP contribution in [0.1, 0.15) is 51.6 Å². The Bertz CT molecular complexity index is 732. The Hall–Kier alpha value is -2.08. The number of carbonyl (C=O) groups excluding carboxylic acids is 1. The van der Waals surface area contributed by atoms with Crippen molar-refractivity contribution in [1.82, 2.24) is 10.6 Å². The van der Waals surface area contributed by atoms with Crippen molar-refractivity contribution in [2.75, 3.05) is 6.61 Å².